The van der Waals surface area contributed by atoms with Crippen molar-refractivity contribution in [3.63, 3.8) is 0 Å². The molecule has 1 N–H and O–H groups in total. The van der Waals surface area contributed by atoms with Crippen molar-refractivity contribution in [2.24, 2.45) is 0 Å². The van der Waals surface area contributed by atoms with Crippen LogP contribution < -0.4 is 5.32 Å². The fraction of sp³-hybridized carbons (Fsp3) is 0.250. The van der Waals surface area contributed by atoms with Crippen LogP contribution in [0.2, 0.25) is 0 Å². The summed E-state index contributed by atoms with van der Waals surface area (Å²) in [6, 6.07) is 3.76. The number of aromatic nitrogens is 1. The zero-order valence-electron chi connectivity index (χ0n) is 6.46. The van der Waals surface area contributed by atoms with E-state index in [4.69, 9.17) is 0 Å². The van der Waals surface area contributed by atoms with Gasteiger partial charge < -0.3 is 5.32 Å². The highest BCUT2D eigenvalue weighted by Crippen LogP contribution is 1.94. The van der Waals surface area contributed by atoms with E-state index in [9.17, 15) is 4.79 Å². The molecule has 12 heavy (non-hydrogen) atoms. The van der Waals surface area contributed by atoms with Crippen LogP contribution in [0.25, 0.3) is 0 Å². The average Bonchev–Trinajstić information content (AvgIpc) is 2.16. The largest absolute Gasteiger partial charge is 0.351 e. The zero-order valence-corrected chi connectivity index (χ0v) is 8.61. The van der Waals surface area contributed by atoms with Gasteiger partial charge in [-0.05, 0) is 17.7 Å². The minimum absolute atomic E-state index is 0.0624. The molecule has 1 aromatic rings. The lowest BCUT2D eigenvalue weighted by Crippen LogP contribution is -2.23. The third-order valence-corrected chi connectivity index (χ3v) is 2.05. The molecule has 4 heteroatoms. The van der Waals surface area contributed by atoms with E-state index in [0.717, 1.165) is 5.56 Å². The summed E-state index contributed by atoms with van der Waals surface area (Å²) in [7, 11) is 0. The first-order chi connectivity index (χ1) is 5.83. The minimum Gasteiger partial charge on any atom is -0.351 e. The monoisotopic (exact) mass is 276 g/mol. The number of nitrogens with zero attached hydrogens (tertiary/aromatic N) is 1. The molecule has 0 aliphatic rings. The van der Waals surface area contributed by atoms with Gasteiger partial charge in [-0.25, -0.2) is 0 Å². The van der Waals surface area contributed by atoms with Crippen LogP contribution in [0, 0.1) is 0 Å². The smallest absolute Gasteiger partial charge is 0.230 e. The molecule has 0 radical (unpaired) electrons. The standard InChI is InChI=1S/C8H9IN2O/c9-5-8(12)11-6-7-1-3-10-4-2-7/h1-4H,5-6H2,(H,11,12). The van der Waals surface area contributed by atoms with Gasteiger partial charge >= 0.3 is 0 Å². The van der Waals surface area contributed by atoms with E-state index in [0.29, 0.717) is 11.0 Å². The number of carbonyl (C=O) groups is 1. The second kappa shape index (κ2) is 5.08. The Balaban J connectivity index is 2.38. The molecule has 1 amide bonds. The molecule has 0 saturated heterocycles. The Labute approximate surface area is 84.7 Å². The Bertz CT molecular complexity index is 250. The molecule has 1 heterocycles. The topological polar surface area (TPSA) is 42.0 Å². The van der Waals surface area contributed by atoms with E-state index >= 15 is 0 Å². The maximum atomic E-state index is 10.9. The summed E-state index contributed by atoms with van der Waals surface area (Å²) < 4.78 is 0.503. The fourth-order valence-corrected chi connectivity index (χ4v) is 1.02. The van der Waals surface area contributed by atoms with Crippen molar-refractivity contribution < 1.29 is 4.79 Å². The summed E-state index contributed by atoms with van der Waals surface area (Å²) in [5.74, 6) is 0.0624. The van der Waals surface area contributed by atoms with Gasteiger partial charge in [0.1, 0.15) is 0 Å². The lowest BCUT2D eigenvalue weighted by atomic mass is 10.3. The van der Waals surface area contributed by atoms with E-state index in [1.807, 2.05) is 34.7 Å². The summed E-state index contributed by atoms with van der Waals surface area (Å²) in [5, 5.41) is 2.77. The maximum Gasteiger partial charge on any atom is 0.230 e. The lowest BCUT2D eigenvalue weighted by molar-refractivity contribution is -0.118. The molecular formula is C8H9IN2O. The van der Waals surface area contributed by atoms with Gasteiger partial charge in [0.05, 0.1) is 4.43 Å². The first kappa shape index (κ1) is 9.44. The van der Waals surface area contributed by atoms with Crippen LogP contribution in [-0.4, -0.2) is 15.3 Å². The van der Waals surface area contributed by atoms with Crippen LogP contribution in [-0.2, 0) is 11.3 Å². The van der Waals surface area contributed by atoms with Crippen LogP contribution in [0.1, 0.15) is 5.56 Å². The second-order valence-electron chi connectivity index (χ2n) is 2.27. The van der Waals surface area contributed by atoms with Gasteiger partial charge in [-0.15, -0.1) is 0 Å². The first-order valence-electron chi connectivity index (χ1n) is 3.54. The third kappa shape index (κ3) is 3.17. The number of hydrogen-bond acceptors (Lipinski definition) is 2. The normalized spacial score (nSPS) is 9.42. The number of amides is 1. The summed E-state index contributed by atoms with van der Waals surface area (Å²) in [6.07, 6.45) is 3.43. The number of hydrogen-bond donors (Lipinski definition) is 1. The molecule has 3 nitrogen and oxygen atoms in total. The fourth-order valence-electron chi connectivity index (χ4n) is 0.749. The molecular weight excluding hydrogens is 267 g/mol. The van der Waals surface area contributed by atoms with Gasteiger partial charge in [-0.2, -0.15) is 0 Å². The van der Waals surface area contributed by atoms with E-state index in [2.05, 4.69) is 10.3 Å². The molecule has 0 aliphatic heterocycles. The third-order valence-electron chi connectivity index (χ3n) is 1.36. The van der Waals surface area contributed by atoms with Crippen molar-refractivity contribution in [3.8, 4) is 0 Å². The molecule has 0 spiro atoms. The highest BCUT2D eigenvalue weighted by Gasteiger charge is 1.96. The summed E-state index contributed by atoms with van der Waals surface area (Å²) in [4.78, 5) is 14.7. The molecule has 0 fully saturated rings. The highest BCUT2D eigenvalue weighted by molar-refractivity contribution is 14.1. The van der Waals surface area contributed by atoms with Gasteiger partial charge in [-0.3, -0.25) is 9.78 Å². The molecule has 0 saturated carbocycles. The SMILES string of the molecule is O=C(CI)NCc1ccncc1. The van der Waals surface area contributed by atoms with E-state index in [1.165, 1.54) is 0 Å². The number of halogens is 1. The minimum atomic E-state index is 0.0624. The average molecular weight is 276 g/mol. The first-order valence-corrected chi connectivity index (χ1v) is 5.07. The zero-order chi connectivity index (χ0) is 8.81. The van der Waals surface area contributed by atoms with Crippen LogP contribution in [0.4, 0.5) is 0 Å². The van der Waals surface area contributed by atoms with E-state index in [-0.39, 0.29) is 5.91 Å². The van der Waals surface area contributed by atoms with E-state index < -0.39 is 0 Å². The van der Waals surface area contributed by atoms with Crippen LogP contribution >= 0.6 is 22.6 Å². The van der Waals surface area contributed by atoms with Crippen LogP contribution in [0.3, 0.4) is 0 Å². The number of pyridine rings is 1. The van der Waals surface area contributed by atoms with Crippen molar-refractivity contribution in [1.29, 1.82) is 0 Å². The van der Waals surface area contributed by atoms with Crippen LogP contribution in [0.15, 0.2) is 24.5 Å². The Morgan fingerprint density at radius 3 is 2.75 bits per heavy atom. The number of alkyl halides is 1. The summed E-state index contributed by atoms with van der Waals surface area (Å²) in [6.45, 7) is 0.588. The molecule has 64 valence electrons. The van der Waals surface area contributed by atoms with Gasteiger partial charge in [0.2, 0.25) is 5.91 Å². The Hall–Kier alpha value is -0.650. The van der Waals surface area contributed by atoms with Crippen molar-refractivity contribution in [2.75, 3.05) is 4.43 Å². The van der Waals surface area contributed by atoms with Gasteiger partial charge in [0, 0.05) is 18.9 Å². The number of rotatable bonds is 3. The molecule has 1 aromatic heterocycles. The number of nitrogens with one attached hydrogen (secondary N) is 1. The molecule has 0 bridgehead atoms. The second-order valence-corrected chi connectivity index (χ2v) is 3.03. The Morgan fingerprint density at radius 1 is 1.50 bits per heavy atom. The number of carbonyl (C=O) groups excluding carboxylic acids is 1. The molecule has 0 unspecified atom stereocenters. The Morgan fingerprint density at radius 2 is 2.17 bits per heavy atom. The predicted molar refractivity (Wildman–Crippen MR) is 55.0 cm³/mol. The molecule has 0 atom stereocenters. The van der Waals surface area contributed by atoms with Gasteiger partial charge in [-0.1, -0.05) is 22.6 Å². The quantitative estimate of drug-likeness (QED) is 0.664. The van der Waals surface area contributed by atoms with E-state index in [1.54, 1.807) is 12.4 Å². The predicted octanol–water partition coefficient (Wildman–Crippen LogP) is 1.13. The van der Waals surface area contributed by atoms with Crippen molar-refractivity contribution >= 4 is 28.5 Å². The molecule has 0 aromatic carbocycles. The van der Waals surface area contributed by atoms with Crippen molar-refractivity contribution in [2.45, 2.75) is 6.54 Å². The highest BCUT2D eigenvalue weighted by atomic mass is 127. The Kier molecular flexibility index (Phi) is 3.99. The molecule has 0 aliphatic carbocycles. The lowest BCUT2D eigenvalue weighted by Gasteiger charge is -2.01. The van der Waals surface area contributed by atoms with Crippen LogP contribution in [0.5, 0.6) is 0 Å². The van der Waals surface area contributed by atoms with Gasteiger partial charge in [0.15, 0.2) is 0 Å². The molecule has 1 rings (SSSR count). The van der Waals surface area contributed by atoms with Gasteiger partial charge in [0.25, 0.3) is 0 Å². The maximum absolute atomic E-state index is 10.9. The summed E-state index contributed by atoms with van der Waals surface area (Å²) >= 11 is 2.03. The van der Waals surface area contributed by atoms with Crippen molar-refractivity contribution in [1.82, 2.24) is 10.3 Å². The summed E-state index contributed by atoms with van der Waals surface area (Å²) in [5.41, 5.74) is 1.07. The van der Waals surface area contributed by atoms with Crippen molar-refractivity contribution in [3.05, 3.63) is 30.1 Å².